The van der Waals surface area contributed by atoms with Crippen molar-refractivity contribution in [3.8, 4) is 0 Å². The minimum Gasteiger partial charge on any atom is -0.346 e. The van der Waals surface area contributed by atoms with Crippen LogP contribution in [0.5, 0.6) is 0 Å². The number of amides is 2. The largest absolute Gasteiger partial charge is 0.346 e. The molecule has 2 aromatic heterocycles. The smallest absolute Gasteiger partial charge is 0.256 e. The highest BCUT2D eigenvalue weighted by molar-refractivity contribution is 7.12. The lowest BCUT2D eigenvalue weighted by Gasteiger charge is -2.09. The van der Waals surface area contributed by atoms with Crippen molar-refractivity contribution in [2.75, 3.05) is 5.32 Å². The van der Waals surface area contributed by atoms with E-state index in [1.54, 1.807) is 35.7 Å². The monoisotopic (exact) mass is 399 g/mol. The van der Waals surface area contributed by atoms with Crippen LogP contribution in [0.3, 0.4) is 0 Å². The van der Waals surface area contributed by atoms with Crippen molar-refractivity contribution in [1.29, 1.82) is 0 Å². The van der Waals surface area contributed by atoms with Gasteiger partial charge in [0, 0.05) is 21.6 Å². The van der Waals surface area contributed by atoms with Crippen LogP contribution in [0, 0.1) is 13.8 Å². The predicted octanol–water partition coefficient (Wildman–Crippen LogP) is 4.60. The van der Waals surface area contributed by atoms with Crippen molar-refractivity contribution < 1.29 is 9.59 Å². The number of aromatic nitrogens is 1. The zero-order valence-corrected chi connectivity index (χ0v) is 16.4. The van der Waals surface area contributed by atoms with Gasteiger partial charge in [-0.15, -0.1) is 11.3 Å². The number of nitrogens with zero attached hydrogens (tertiary/aromatic N) is 1. The molecule has 0 aliphatic carbocycles. The Labute approximate surface area is 166 Å². The summed E-state index contributed by atoms with van der Waals surface area (Å²) in [4.78, 5) is 30.9. The van der Waals surface area contributed by atoms with Crippen molar-refractivity contribution in [1.82, 2.24) is 10.3 Å². The highest BCUT2D eigenvalue weighted by atomic mass is 35.5. The fraction of sp³-hybridized carbons (Fsp3) is 0.150. The third kappa shape index (κ3) is 4.72. The Balaban J connectivity index is 1.67. The maximum atomic E-state index is 12.4. The van der Waals surface area contributed by atoms with E-state index in [1.807, 2.05) is 38.1 Å². The molecule has 0 saturated carbocycles. The molecule has 3 rings (SSSR count). The summed E-state index contributed by atoms with van der Waals surface area (Å²) in [6.07, 6.45) is 1.67. The van der Waals surface area contributed by atoms with Gasteiger partial charge in [-0.1, -0.05) is 17.7 Å². The summed E-state index contributed by atoms with van der Waals surface area (Å²) in [6.45, 7) is 4.18. The Kier molecular flexibility index (Phi) is 5.88. The number of pyridine rings is 1. The molecule has 0 aliphatic rings. The molecule has 2 amide bonds. The zero-order chi connectivity index (χ0) is 19.4. The van der Waals surface area contributed by atoms with Crippen LogP contribution < -0.4 is 10.6 Å². The number of nitrogens with one attached hydrogen (secondary N) is 2. The number of aryl methyl sites for hydroxylation is 2. The summed E-state index contributed by atoms with van der Waals surface area (Å²) in [5.74, 6) is -0.492. The Morgan fingerprint density at radius 2 is 1.89 bits per heavy atom. The Hall–Kier alpha value is -2.70. The molecular weight excluding hydrogens is 382 g/mol. The molecule has 0 radical (unpaired) electrons. The second-order valence-electron chi connectivity index (χ2n) is 5.98. The number of hydrogen-bond acceptors (Lipinski definition) is 4. The first-order valence-corrected chi connectivity index (χ1v) is 9.49. The van der Waals surface area contributed by atoms with Gasteiger partial charge in [0.05, 0.1) is 28.4 Å². The maximum Gasteiger partial charge on any atom is 0.256 e. The van der Waals surface area contributed by atoms with Crippen molar-refractivity contribution in [3.63, 3.8) is 0 Å². The first kappa shape index (κ1) is 19.1. The van der Waals surface area contributed by atoms with E-state index in [0.717, 1.165) is 15.4 Å². The van der Waals surface area contributed by atoms with Crippen molar-refractivity contribution >= 4 is 40.4 Å². The molecular formula is C20H18ClN3O2S. The molecule has 0 atom stereocenters. The highest BCUT2D eigenvalue weighted by Crippen LogP contribution is 2.24. The van der Waals surface area contributed by atoms with Gasteiger partial charge in [-0.2, -0.15) is 0 Å². The molecule has 0 aliphatic heterocycles. The third-order valence-corrected chi connectivity index (χ3v) is 5.19. The van der Waals surface area contributed by atoms with Gasteiger partial charge in [-0.25, -0.2) is 0 Å². The zero-order valence-electron chi connectivity index (χ0n) is 14.9. The van der Waals surface area contributed by atoms with E-state index in [0.29, 0.717) is 23.4 Å². The SMILES string of the molecule is Cc1cc(C(=O)Nc2ccc(C(=O)NCc3ccccn3)c(Cl)c2)c(C)s1. The molecule has 3 aromatic rings. The van der Waals surface area contributed by atoms with E-state index in [4.69, 9.17) is 11.6 Å². The molecule has 0 bridgehead atoms. The summed E-state index contributed by atoms with van der Waals surface area (Å²) < 4.78 is 0. The molecule has 138 valence electrons. The van der Waals surface area contributed by atoms with E-state index in [1.165, 1.54) is 0 Å². The summed E-state index contributed by atoms with van der Waals surface area (Å²) in [7, 11) is 0. The molecule has 5 nitrogen and oxygen atoms in total. The van der Waals surface area contributed by atoms with E-state index >= 15 is 0 Å². The Bertz CT molecular complexity index is 986. The van der Waals surface area contributed by atoms with Crippen molar-refractivity contribution in [2.45, 2.75) is 20.4 Å². The second kappa shape index (κ2) is 8.33. The first-order chi connectivity index (χ1) is 12.9. The molecule has 27 heavy (non-hydrogen) atoms. The summed E-state index contributed by atoms with van der Waals surface area (Å²) in [6, 6.07) is 12.2. The molecule has 1 aromatic carbocycles. The molecule has 0 unspecified atom stereocenters. The van der Waals surface area contributed by atoms with Crippen molar-refractivity contribution in [2.24, 2.45) is 0 Å². The first-order valence-electron chi connectivity index (χ1n) is 8.30. The molecule has 2 heterocycles. The lowest BCUT2D eigenvalue weighted by Crippen LogP contribution is -2.23. The highest BCUT2D eigenvalue weighted by Gasteiger charge is 2.15. The number of benzene rings is 1. The summed E-state index contributed by atoms with van der Waals surface area (Å²) in [5.41, 5.74) is 2.28. The molecule has 0 saturated heterocycles. The van der Waals surface area contributed by atoms with Crippen molar-refractivity contribution in [3.05, 3.63) is 80.3 Å². The number of hydrogen-bond donors (Lipinski definition) is 2. The maximum absolute atomic E-state index is 12.4. The molecule has 0 spiro atoms. The molecule has 2 N–H and O–H groups in total. The number of rotatable bonds is 5. The van der Waals surface area contributed by atoms with Crippen LogP contribution >= 0.6 is 22.9 Å². The lowest BCUT2D eigenvalue weighted by molar-refractivity contribution is 0.0950. The van der Waals surface area contributed by atoms with E-state index in [9.17, 15) is 9.59 Å². The summed E-state index contributed by atoms with van der Waals surface area (Å²) >= 11 is 7.82. The van der Waals surface area contributed by atoms with Crippen LogP contribution in [-0.4, -0.2) is 16.8 Å². The number of thiophene rings is 1. The topological polar surface area (TPSA) is 71.1 Å². The predicted molar refractivity (Wildman–Crippen MR) is 109 cm³/mol. The van der Waals surface area contributed by atoms with Gasteiger partial charge in [0.1, 0.15) is 0 Å². The number of carbonyl (C=O) groups is 2. The lowest BCUT2D eigenvalue weighted by atomic mass is 10.1. The number of halogens is 1. The minimum absolute atomic E-state index is 0.194. The van der Waals surface area contributed by atoms with Gasteiger partial charge in [0.25, 0.3) is 11.8 Å². The van der Waals surface area contributed by atoms with E-state index in [2.05, 4.69) is 15.6 Å². The number of carbonyl (C=O) groups excluding carboxylic acids is 2. The van der Waals surface area contributed by atoms with Crippen LogP contribution in [-0.2, 0) is 6.54 Å². The second-order valence-corrected chi connectivity index (χ2v) is 7.85. The van der Waals surface area contributed by atoms with Crippen LogP contribution in [0.1, 0.15) is 36.2 Å². The fourth-order valence-corrected chi connectivity index (χ4v) is 3.79. The van der Waals surface area contributed by atoms with E-state index < -0.39 is 0 Å². The van der Waals surface area contributed by atoms with Crippen LogP contribution in [0.15, 0.2) is 48.7 Å². The van der Waals surface area contributed by atoms with Crippen LogP contribution in [0.25, 0.3) is 0 Å². The van der Waals surface area contributed by atoms with Gasteiger partial charge in [0.2, 0.25) is 0 Å². The van der Waals surface area contributed by atoms with Gasteiger partial charge in [-0.3, -0.25) is 14.6 Å². The molecule has 7 heteroatoms. The quantitative estimate of drug-likeness (QED) is 0.658. The minimum atomic E-state index is -0.298. The fourth-order valence-electron chi connectivity index (χ4n) is 2.60. The average molecular weight is 400 g/mol. The van der Waals surface area contributed by atoms with Gasteiger partial charge < -0.3 is 10.6 Å². The van der Waals surface area contributed by atoms with Gasteiger partial charge in [0.15, 0.2) is 0 Å². The van der Waals surface area contributed by atoms with Gasteiger partial charge in [-0.05, 0) is 50.2 Å². The normalized spacial score (nSPS) is 10.5. The average Bonchev–Trinajstić information content (AvgIpc) is 2.99. The number of anilines is 1. The van der Waals surface area contributed by atoms with Crippen LogP contribution in [0.2, 0.25) is 5.02 Å². The summed E-state index contributed by atoms with van der Waals surface area (Å²) in [5, 5.41) is 5.87. The Morgan fingerprint density at radius 1 is 1.07 bits per heavy atom. The Morgan fingerprint density at radius 3 is 2.52 bits per heavy atom. The van der Waals surface area contributed by atoms with Crippen LogP contribution in [0.4, 0.5) is 5.69 Å². The van der Waals surface area contributed by atoms with E-state index in [-0.39, 0.29) is 16.8 Å². The standard InChI is InChI=1S/C20H18ClN3O2S/c1-12-9-17(13(2)27-12)20(26)24-14-6-7-16(18(21)10-14)19(25)23-11-15-5-3-4-8-22-15/h3-10H,11H2,1-2H3,(H,23,25)(H,24,26). The molecule has 0 fully saturated rings. The third-order valence-electron chi connectivity index (χ3n) is 3.91. The van der Waals surface area contributed by atoms with Gasteiger partial charge >= 0.3 is 0 Å².